The molecule has 130 valence electrons. The van der Waals surface area contributed by atoms with Gasteiger partial charge in [0, 0.05) is 19.0 Å². The van der Waals surface area contributed by atoms with E-state index in [-0.39, 0.29) is 11.8 Å². The molecule has 7 heteroatoms. The summed E-state index contributed by atoms with van der Waals surface area (Å²) in [6.07, 6.45) is 5.37. The number of benzene rings is 1. The fourth-order valence-corrected chi connectivity index (χ4v) is 3.25. The summed E-state index contributed by atoms with van der Waals surface area (Å²) in [5, 5.41) is 5.55. The van der Waals surface area contributed by atoms with Crippen molar-refractivity contribution in [1.29, 1.82) is 0 Å². The van der Waals surface area contributed by atoms with Crippen molar-refractivity contribution in [2.24, 2.45) is 5.92 Å². The van der Waals surface area contributed by atoms with E-state index in [0.29, 0.717) is 17.9 Å². The number of carbonyl (C=O) groups excluding carboxylic acids is 1. The van der Waals surface area contributed by atoms with E-state index in [1.54, 1.807) is 6.92 Å². The fourth-order valence-electron chi connectivity index (χ4n) is 3.25. The lowest BCUT2D eigenvalue weighted by atomic mass is 9.95. The molecule has 3 heterocycles. The third kappa shape index (κ3) is 3.10. The lowest BCUT2D eigenvalue weighted by molar-refractivity contribution is 0.0576. The lowest BCUT2D eigenvalue weighted by Crippen LogP contribution is -2.40. The van der Waals surface area contributed by atoms with Crippen LogP contribution in [0.15, 0.2) is 53.0 Å². The molecular weight excluding hydrogens is 320 g/mol. The SMILES string of the molecule is Cc1oncc1C(=O)N1CCC[C@H](C2=CN(c3ccccc3)NO2)C1. The molecule has 1 N–H and O–H groups in total. The molecular formula is C18H20N4O3. The highest BCUT2D eigenvalue weighted by atomic mass is 16.7. The molecule has 0 spiro atoms. The summed E-state index contributed by atoms with van der Waals surface area (Å²) in [4.78, 5) is 20.2. The summed E-state index contributed by atoms with van der Waals surface area (Å²) < 4.78 is 5.02. The highest BCUT2D eigenvalue weighted by Crippen LogP contribution is 2.29. The Hall–Kier alpha value is -2.80. The van der Waals surface area contributed by atoms with E-state index in [1.165, 1.54) is 6.20 Å². The van der Waals surface area contributed by atoms with Crippen LogP contribution < -0.4 is 10.6 Å². The second-order valence-electron chi connectivity index (χ2n) is 6.32. The maximum absolute atomic E-state index is 12.7. The molecule has 1 fully saturated rings. The number of hydrogen-bond acceptors (Lipinski definition) is 6. The summed E-state index contributed by atoms with van der Waals surface area (Å²) >= 11 is 0. The predicted molar refractivity (Wildman–Crippen MR) is 91.1 cm³/mol. The van der Waals surface area contributed by atoms with Crippen LogP contribution in [-0.2, 0) is 4.84 Å². The van der Waals surface area contributed by atoms with Crippen LogP contribution in [0.2, 0.25) is 0 Å². The second-order valence-corrected chi connectivity index (χ2v) is 6.32. The molecule has 7 nitrogen and oxygen atoms in total. The Morgan fingerprint density at radius 3 is 2.92 bits per heavy atom. The molecule has 1 amide bonds. The van der Waals surface area contributed by atoms with E-state index in [2.05, 4.69) is 10.7 Å². The molecule has 2 aromatic rings. The first-order valence-corrected chi connectivity index (χ1v) is 8.41. The highest BCUT2D eigenvalue weighted by molar-refractivity contribution is 5.94. The van der Waals surface area contributed by atoms with Gasteiger partial charge in [0.15, 0.2) is 0 Å². The number of likely N-dealkylation sites (tertiary alicyclic amines) is 1. The number of hydrogen-bond donors (Lipinski definition) is 1. The molecule has 0 aliphatic carbocycles. The quantitative estimate of drug-likeness (QED) is 0.926. The summed E-state index contributed by atoms with van der Waals surface area (Å²) in [6, 6.07) is 9.93. The molecule has 0 bridgehead atoms. The number of aromatic nitrogens is 1. The van der Waals surface area contributed by atoms with Crippen molar-refractivity contribution in [2.75, 3.05) is 18.1 Å². The number of para-hydroxylation sites is 1. The lowest BCUT2D eigenvalue weighted by Gasteiger charge is -2.32. The second kappa shape index (κ2) is 6.60. The van der Waals surface area contributed by atoms with Gasteiger partial charge < -0.3 is 14.3 Å². The van der Waals surface area contributed by atoms with Crippen molar-refractivity contribution < 1.29 is 14.2 Å². The molecule has 2 aliphatic rings. The minimum atomic E-state index is -0.0325. The Morgan fingerprint density at radius 1 is 1.32 bits per heavy atom. The average Bonchev–Trinajstić information content (AvgIpc) is 3.31. The highest BCUT2D eigenvalue weighted by Gasteiger charge is 2.31. The van der Waals surface area contributed by atoms with Crippen molar-refractivity contribution in [3.05, 3.63) is 59.8 Å². The van der Waals surface area contributed by atoms with E-state index < -0.39 is 0 Å². The average molecular weight is 340 g/mol. The molecule has 1 saturated heterocycles. The van der Waals surface area contributed by atoms with Gasteiger partial charge >= 0.3 is 0 Å². The summed E-state index contributed by atoms with van der Waals surface area (Å²) in [7, 11) is 0. The number of amides is 1. The topological polar surface area (TPSA) is 70.8 Å². The van der Waals surface area contributed by atoms with E-state index in [9.17, 15) is 4.79 Å². The van der Waals surface area contributed by atoms with Crippen LogP contribution >= 0.6 is 0 Å². The number of nitrogens with one attached hydrogen (secondary N) is 1. The Balaban J connectivity index is 1.47. The Morgan fingerprint density at radius 2 is 2.16 bits per heavy atom. The number of nitrogens with zero attached hydrogens (tertiary/aromatic N) is 3. The summed E-state index contributed by atoms with van der Waals surface area (Å²) in [6.45, 7) is 3.12. The molecule has 1 aromatic carbocycles. The Labute approximate surface area is 145 Å². The molecule has 1 atom stereocenters. The zero-order valence-electron chi connectivity index (χ0n) is 14.0. The molecule has 4 rings (SSSR count). The van der Waals surface area contributed by atoms with Gasteiger partial charge in [-0.05, 0) is 31.9 Å². The number of anilines is 1. The smallest absolute Gasteiger partial charge is 0.259 e. The third-order valence-electron chi connectivity index (χ3n) is 4.64. The first-order valence-electron chi connectivity index (χ1n) is 8.41. The van der Waals surface area contributed by atoms with Gasteiger partial charge in [0.25, 0.3) is 5.91 Å². The number of aryl methyl sites for hydroxylation is 1. The van der Waals surface area contributed by atoms with Crippen LogP contribution in [0.25, 0.3) is 0 Å². The monoisotopic (exact) mass is 340 g/mol. The van der Waals surface area contributed by atoms with Crippen molar-refractivity contribution in [3.8, 4) is 0 Å². The number of rotatable bonds is 3. The van der Waals surface area contributed by atoms with Gasteiger partial charge in [-0.3, -0.25) is 4.79 Å². The number of carbonyl (C=O) groups is 1. The van der Waals surface area contributed by atoms with Crippen LogP contribution in [0.4, 0.5) is 5.69 Å². The van der Waals surface area contributed by atoms with Crippen molar-refractivity contribution in [1.82, 2.24) is 15.6 Å². The third-order valence-corrected chi connectivity index (χ3v) is 4.64. The van der Waals surface area contributed by atoms with E-state index in [1.807, 2.05) is 46.4 Å². The van der Waals surface area contributed by atoms with Crippen LogP contribution in [0.1, 0.15) is 29.0 Å². The van der Waals surface area contributed by atoms with Gasteiger partial charge in [-0.2, -0.15) is 0 Å². The summed E-state index contributed by atoms with van der Waals surface area (Å²) in [5.74, 6) is 1.54. The van der Waals surface area contributed by atoms with E-state index in [4.69, 9.17) is 9.36 Å². The molecule has 0 unspecified atom stereocenters. The van der Waals surface area contributed by atoms with Crippen LogP contribution in [0.3, 0.4) is 0 Å². The normalized spacial score (nSPS) is 20.4. The fraction of sp³-hybridized carbons (Fsp3) is 0.333. The van der Waals surface area contributed by atoms with Gasteiger partial charge in [0.2, 0.25) is 0 Å². The van der Waals surface area contributed by atoms with Crippen LogP contribution in [0, 0.1) is 12.8 Å². The molecule has 0 saturated carbocycles. The van der Waals surface area contributed by atoms with E-state index in [0.717, 1.165) is 30.8 Å². The largest absolute Gasteiger partial charge is 0.391 e. The van der Waals surface area contributed by atoms with Gasteiger partial charge in [0.1, 0.15) is 17.1 Å². The first-order chi connectivity index (χ1) is 12.2. The van der Waals surface area contributed by atoms with Crippen molar-refractivity contribution in [3.63, 3.8) is 0 Å². The van der Waals surface area contributed by atoms with Crippen LogP contribution in [-0.4, -0.2) is 29.1 Å². The Kier molecular flexibility index (Phi) is 4.15. The zero-order chi connectivity index (χ0) is 17.2. The van der Waals surface area contributed by atoms with Gasteiger partial charge in [0.05, 0.1) is 18.1 Å². The van der Waals surface area contributed by atoms with Crippen LogP contribution in [0.5, 0.6) is 0 Å². The maximum Gasteiger partial charge on any atom is 0.259 e. The summed E-state index contributed by atoms with van der Waals surface area (Å²) in [5.41, 5.74) is 4.45. The van der Waals surface area contributed by atoms with Crippen molar-refractivity contribution >= 4 is 11.6 Å². The maximum atomic E-state index is 12.7. The number of piperidine rings is 1. The van der Waals surface area contributed by atoms with Gasteiger partial charge in [-0.25, -0.2) is 5.01 Å². The number of hydrazine groups is 1. The molecule has 25 heavy (non-hydrogen) atoms. The standard InChI is InChI=1S/C18H20N4O3/c1-13-16(10-19-24-13)18(23)21-9-5-6-14(11-21)17-12-22(20-25-17)15-7-3-2-4-8-15/h2-4,7-8,10,12,14,20H,5-6,9,11H2,1H3/t14-/m0/s1. The Bertz CT molecular complexity index is 787. The van der Waals surface area contributed by atoms with Crippen molar-refractivity contribution in [2.45, 2.75) is 19.8 Å². The predicted octanol–water partition coefficient (Wildman–Crippen LogP) is 2.63. The zero-order valence-corrected chi connectivity index (χ0v) is 14.0. The van der Waals surface area contributed by atoms with Gasteiger partial charge in [-0.1, -0.05) is 28.9 Å². The molecule has 2 aliphatic heterocycles. The minimum absolute atomic E-state index is 0.0325. The first kappa shape index (κ1) is 15.7. The molecule has 1 aromatic heterocycles. The van der Waals surface area contributed by atoms with Gasteiger partial charge in [-0.15, -0.1) is 0 Å². The van der Waals surface area contributed by atoms with E-state index >= 15 is 0 Å². The minimum Gasteiger partial charge on any atom is -0.391 e. The molecule has 0 radical (unpaired) electrons.